The van der Waals surface area contributed by atoms with Crippen LogP contribution in [0.2, 0.25) is 0 Å². The van der Waals surface area contributed by atoms with Gasteiger partial charge in [-0.25, -0.2) is 9.67 Å². The molecule has 0 amide bonds. The molecule has 0 spiro atoms. The van der Waals surface area contributed by atoms with Crippen LogP contribution in [0.1, 0.15) is 11.1 Å². The van der Waals surface area contributed by atoms with Crippen LogP contribution >= 0.6 is 0 Å². The number of rotatable bonds is 3. The Morgan fingerprint density at radius 2 is 2.05 bits per heavy atom. The molecule has 3 aromatic rings. The van der Waals surface area contributed by atoms with E-state index < -0.39 is 0 Å². The van der Waals surface area contributed by atoms with E-state index in [-0.39, 0.29) is 0 Å². The molecule has 2 heterocycles. The zero-order valence-electron chi connectivity index (χ0n) is 10.9. The lowest BCUT2D eigenvalue weighted by Gasteiger charge is -2.08. The van der Waals surface area contributed by atoms with Crippen LogP contribution in [0.15, 0.2) is 42.7 Å². The summed E-state index contributed by atoms with van der Waals surface area (Å²) in [4.78, 5) is 4.53. The van der Waals surface area contributed by atoms with E-state index in [1.165, 1.54) is 5.56 Å². The van der Waals surface area contributed by atoms with E-state index in [4.69, 9.17) is 5.73 Å². The molecule has 96 valence electrons. The fourth-order valence-electron chi connectivity index (χ4n) is 2.29. The summed E-state index contributed by atoms with van der Waals surface area (Å²) in [7, 11) is 0. The molecular formula is C15H16N4. The average molecular weight is 252 g/mol. The minimum absolute atomic E-state index is 0.644. The predicted molar refractivity (Wildman–Crippen MR) is 76.4 cm³/mol. The van der Waals surface area contributed by atoms with E-state index in [0.29, 0.717) is 6.54 Å². The van der Waals surface area contributed by atoms with Crippen molar-refractivity contribution in [3.8, 4) is 5.82 Å². The number of pyridine rings is 1. The van der Waals surface area contributed by atoms with Crippen LogP contribution in [0.3, 0.4) is 0 Å². The van der Waals surface area contributed by atoms with Crippen molar-refractivity contribution in [2.45, 2.75) is 13.3 Å². The maximum Gasteiger partial charge on any atom is 0.156 e. The first kappa shape index (κ1) is 11.9. The van der Waals surface area contributed by atoms with E-state index in [2.05, 4.69) is 35.2 Å². The number of nitrogens with two attached hydrogens (primary N) is 1. The highest BCUT2D eigenvalue weighted by atomic mass is 15.3. The Morgan fingerprint density at radius 3 is 2.84 bits per heavy atom. The Hall–Kier alpha value is -2.20. The largest absolute Gasteiger partial charge is 0.330 e. The summed E-state index contributed by atoms with van der Waals surface area (Å²) in [5, 5.41) is 5.55. The predicted octanol–water partition coefficient (Wildman–Crippen LogP) is 2.23. The Kier molecular flexibility index (Phi) is 3.01. The third-order valence-corrected chi connectivity index (χ3v) is 3.22. The minimum Gasteiger partial charge on any atom is -0.330 e. The minimum atomic E-state index is 0.644. The van der Waals surface area contributed by atoms with Gasteiger partial charge in [0.2, 0.25) is 0 Å². The normalized spacial score (nSPS) is 11.1. The van der Waals surface area contributed by atoms with E-state index in [0.717, 1.165) is 28.7 Å². The van der Waals surface area contributed by atoms with Crippen molar-refractivity contribution in [2.24, 2.45) is 5.73 Å². The molecule has 2 N–H and O–H groups in total. The Bertz CT molecular complexity index is 715. The summed E-state index contributed by atoms with van der Waals surface area (Å²) in [6.45, 7) is 2.70. The molecule has 4 heteroatoms. The lowest BCUT2D eigenvalue weighted by atomic mass is 10.1. The molecule has 0 fully saturated rings. The molecule has 0 saturated carbocycles. The van der Waals surface area contributed by atoms with E-state index in [1.807, 2.05) is 29.2 Å². The van der Waals surface area contributed by atoms with Crippen LogP contribution in [0.4, 0.5) is 0 Å². The van der Waals surface area contributed by atoms with E-state index >= 15 is 0 Å². The van der Waals surface area contributed by atoms with Gasteiger partial charge in [-0.1, -0.05) is 24.3 Å². The number of aromatic nitrogens is 3. The molecule has 3 rings (SSSR count). The molecule has 0 aliphatic heterocycles. The smallest absolute Gasteiger partial charge is 0.156 e. The molecule has 1 aromatic carbocycles. The van der Waals surface area contributed by atoms with Crippen LogP contribution in [-0.2, 0) is 6.42 Å². The summed E-state index contributed by atoms with van der Waals surface area (Å²) < 4.78 is 1.89. The van der Waals surface area contributed by atoms with Crippen molar-refractivity contribution in [1.82, 2.24) is 14.8 Å². The Labute approximate surface area is 111 Å². The van der Waals surface area contributed by atoms with Gasteiger partial charge >= 0.3 is 0 Å². The number of hydrogen-bond acceptors (Lipinski definition) is 3. The third kappa shape index (κ3) is 2.11. The monoisotopic (exact) mass is 252 g/mol. The molecule has 2 aromatic heterocycles. The molecular weight excluding hydrogens is 236 g/mol. The van der Waals surface area contributed by atoms with E-state index in [1.54, 1.807) is 0 Å². The highest BCUT2D eigenvalue weighted by Gasteiger charge is 2.08. The van der Waals surface area contributed by atoms with Crippen molar-refractivity contribution in [2.75, 3.05) is 6.54 Å². The van der Waals surface area contributed by atoms with Gasteiger partial charge in [0.15, 0.2) is 5.82 Å². The van der Waals surface area contributed by atoms with Crippen molar-refractivity contribution in [3.05, 3.63) is 53.9 Å². The number of benzene rings is 1. The first-order valence-electron chi connectivity index (χ1n) is 6.38. The van der Waals surface area contributed by atoms with Crippen LogP contribution in [0, 0.1) is 6.92 Å². The molecule has 0 aliphatic carbocycles. The van der Waals surface area contributed by atoms with Crippen LogP contribution < -0.4 is 5.73 Å². The van der Waals surface area contributed by atoms with Crippen molar-refractivity contribution in [1.29, 1.82) is 0 Å². The van der Waals surface area contributed by atoms with Gasteiger partial charge in [-0.3, -0.25) is 0 Å². The maximum atomic E-state index is 5.57. The quantitative estimate of drug-likeness (QED) is 0.777. The molecule has 0 atom stereocenters. The van der Waals surface area contributed by atoms with Gasteiger partial charge < -0.3 is 5.73 Å². The van der Waals surface area contributed by atoms with Gasteiger partial charge in [0, 0.05) is 11.6 Å². The van der Waals surface area contributed by atoms with Gasteiger partial charge in [-0.2, -0.15) is 5.10 Å². The number of hydrogen-bond donors (Lipinski definition) is 1. The van der Waals surface area contributed by atoms with Crippen molar-refractivity contribution >= 4 is 10.9 Å². The molecule has 19 heavy (non-hydrogen) atoms. The highest BCUT2D eigenvalue weighted by molar-refractivity contribution is 5.79. The SMILES string of the molecule is Cc1cc(CCN)cnc1-n1ncc2ccccc21. The van der Waals surface area contributed by atoms with Crippen molar-refractivity contribution < 1.29 is 0 Å². The number of para-hydroxylation sites is 1. The first-order chi connectivity index (χ1) is 9.29. The first-order valence-corrected chi connectivity index (χ1v) is 6.38. The lowest BCUT2D eigenvalue weighted by molar-refractivity contribution is 0.855. The molecule has 0 radical (unpaired) electrons. The maximum absolute atomic E-state index is 5.57. The summed E-state index contributed by atoms with van der Waals surface area (Å²) in [6.07, 6.45) is 4.60. The standard InChI is InChI=1S/C15H16N4/c1-11-8-12(6-7-16)9-17-15(11)19-14-5-3-2-4-13(14)10-18-19/h2-5,8-10H,6-7,16H2,1H3. The summed E-state index contributed by atoms with van der Waals surface area (Å²) in [6, 6.07) is 10.3. The van der Waals surface area contributed by atoms with Crippen LogP contribution in [-0.4, -0.2) is 21.3 Å². The second-order valence-electron chi connectivity index (χ2n) is 4.64. The molecule has 4 nitrogen and oxygen atoms in total. The second-order valence-corrected chi connectivity index (χ2v) is 4.64. The molecule has 0 bridgehead atoms. The Morgan fingerprint density at radius 1 is 1.21 bits per heavy atom. The van der Waals surface area contributed by atoms with Gasteiger partial charge in [0.25, 0.3) is 0 Å². The zero-order valence-corrected chi connectivity index (χ0v) is 10.9. The van der Waals surface area contributed by atoms with Gasteiger partial charge in [-0.05, 0) is 37.1 Å². The summed E-state index contributed by atoms with van der Waals surface area (Å²) in [5.41, 5.74) is 8.92. The van der Waals surface area contributed by atoms with Crippen molar-refractivity contribution in [3.63, 3.8) is 0 Å². The fourth-order valence-corrected chi connectivity index (χ4v) is 2.29. The van der Waals surface area contributed by atoms with Gasteiger partial charge in [0.05, 0.1) is 11.7 Å². The van der Waals surface area contributed by atoms with E-state index in [9.17, 15) is 0 Å². The highest BCUT2D eigenvalue weighted by Crippen LogP contribution is 2.19. The molecule has 0 unspecified atom stereocenters. The number of fused-ring (bicyclic) bond motifs is 1. The second kappa shape index (κ2) is 4.82. The number of aryl methyl sites for hydroxylation is 1. The van der Waals surface area contributed by atoms with Crippen LogP contribution in [0.25, 0.3) is 16.7 Å². The molecule has 0 saturated heterocycles. The summed E-state index contributed by atoms with van der Waals surface area (Å²) >= 11 is 0. The topological polar surface area (TPSA) is 56.7 Å². The average Bonchev–Trinajstić information content (AvgIpc) is 2.83. The zero-order chi connectivity index (χ0) is 13.2. The lowest BCUT2D eigenvalue weighted by Crippen LogP contribution is -2.06. The van der Waals surface area contributed by atoms with Gasteiger partial charge in [-0.15, -0.1) is 0 Å². The summed E-state index contributed by atoms with van der Waals surface area (Å²) in [5.74, 6) is 0.877. The fraction of sp³-hybridized carbons (Fsp3) is 0.200. The number of nitrogens with zero attached hydrogens (tertiary/aromatic N) is 3. The van der Waals surface area contributed by atoms with Crippen LogP contribution in [0.5, 0.6) is 0 Å². The molecule has 0 aliphatic rings. The third-order valence-electron chi connectivity index (χ3n) is 3.22. The van der Waals surface area contributed by atoms with Gasteiger partial charge in [0.1, 0.15) is 0 Å². The Balaban J connectivity index is 2.11.